The average Bonchev–Trinajstić information content (AvgIpc) is 2.96. The minimum Gasteiger partial charge on any atom is -0.466 e. The van der Waals surface area contributed by atoms with Crippen LogP contribution in [0.15, 0.2) is 53.7 Å². The molecule has 0 aromatic heterocycles. The Labute approximate surface area is 235 Å². The number of ether oxygens (including phenoxy) is 2. The van der Waals surface area contributed by atoms with E-state index in [1.54, 1.807) is 6.07 Å². The second kappa shape index (κ2) is 13.5. The van der Waals surface area contributed by atoms with Crippen LogP contribution in [0.5, 0.6) is 0 Å². The molecule has 0 spiro atoms. The molecule has 0 bridgehead atoms. The van der Waals surface area contributed by atoms with E-state index in [1.165, 1.54) is 25.3 Å². The molecule has 1 saturated heterocycles. The first-order chi connectivity index (χ1) is 19.7. The Hall–Kier alpha value is -4.10. The Balaban J connectivity index is 1.42. The molecule has 0 saturated carbocycles. The Morgan fingerprint density at radius 1 is 1.02 bits per heavy atom. The summed E-state index contributed by atoms with van der Waals surface area (Å²) in [5.41, 5.74) is 0.707. The summed E-state index contributed by atoms with van der Waals surface area (Å²) in [4.78, 5) is 41.9. The second-order valence-electron chi connectivity index (χ2n) is 9.62. The molecule has 13 heteroatoms. The van der Waals surface area contributed by atoms with E-state index < -0.39 is 35.7 Å². The van der Waals surface area contributed by atoms with Crippen LogP contribution in [-0.4, -0.2) is 76.0 Å². The molecule has 1 atom stereocenters. The van der Waals surface area contributed by atoms with Gasteiger partial charge in [-0.15, -0.1) is 0 Å². The molecule has 2 aliphatic heterocycles. The average molecular weight is 576 g/mol. The van der Waals surface area contributed by atoms with E-state index in [1.807, 2.05) is 6.07 Å². The van der Waals surface area contributed by atoms with Crippen molar-refractivity contribution in [3.63, 3.8) is 0 Å². The van der Waals surface area contributed by atoms with E-state index in [-0.39, 0.29) is 41.8 Å². The molecular weight excluding hydrogens is 543 g/mol. The Morgan fingerprint density at radius 3 is 2.44 bits per heavy atom. The Kier molecular flexibility index (Phi) is 9.84. The van der Waals surface area contributed by atoms with E-state index in [9.17, 15) is 27.6 Å². The van der Waals surface area contributed by atoms with Crippen LogP contribution >= 0.6 is 0 Å². The number of methoxy groups -OCH3 is 2. The van der Waals surface area contributed by atoms with Crippen molar-refractivity contribution >= 4 is 23.7 Å². The highest BCUT2D eigenvalue weighted by atomic mass is 19.2. The topological polar surface area (TPSA) is 112 Å². The standard InChI is InChI=1S/C28H32F3N5O5/c1-40-16-23-24(26(37)41-2)25(17-6-7-21(30)22(31)14-17)36(28(39)34-23)27(38)33-11-10-32-19-8-12-35(13-9-19)20-5-3-4-18(29)15-20/h3-7,14-15,19,25,32H,8-13,16H2,1-2H3,(H,33,38)(H,34,39). The maximum absolute atomic E-state index is 14.2. The van der Waals surface area contributed by atoms with E-state index in [0.29, 0.717) is 6.54 Å². The van der Waals surface area contributed by atoms with Crippen molar-refractivity contribution in [3.8, 4) is 0 Å². The highest BCUT2D eigenvalue weighted by Crippen LogP contribution is 2.35. The number of benzene rings is 2. The number of hydrogen-bond acceptors (Lipinski definition) is 7. The number of carbonyl (C=O) groups is 3. The van der Waals surface area contributed by atoms with Crippen LogP contribution in [0.4, 0.5) is 28.4 Å². The number of halogens is 3. The molecule has 4 amide bonds. The van der Waals surface area contributed by atoms with Crippen molar-refractivity contribution < 1.29 is 37.0 Å². The molecule has 2 heterocycles. The summed E-state index contributed by atoms with van der Waals surface area (Å²) in [6.07, 6.45) is 1.62. The molecule has 3 N–H and O–H groups in total. The molecule has 1 unspecified atom stereocenters. The predicted molar refractivity (Wildman–Crippen MR) is 143 cm³/mol. The summed E-state index contributed by atoms with van der Waals surface area (Å²) in [5.74, 6) is -3.50. The first-order valence-electron chi connectivity index (χ1n) is 13.1. The zero-order valence-electron chi connectivity index (χ0n) is 22.7. The molecule has 2 aromatic rings. The van der Waals surface area contributed by atoms with Crippen molar-refractivity contribution in [1.29, 1.82) is 0 Å². The summed E-state index contributed by atoms with van der Waals surface area (Å²) in [7, 11) is 2.47. The number of carbonyl (C=O) groups excluding carboxylic acids is 3. The smallest absolute Gasteiger partial charge is 0.338 e. The molecule has 2 aliphatic rings. The number of anilines is 1. The van der Waals surface area contributed by atoms with E-state index >= 15 is 0 Å². The highest BCUT2D eigenvalue weighted by Gasteiger charge is 2.43. The molecule has 10 nitrogen and oxygen atoms in total. The van der Waals surface area contributed by atoms with Gasteiger partial charge in [0.15, 0.2) is 11.6 Å². The van der Waals surface area contributed by atoms with Crippen LogP contribution in [0, 0.1) is 17.5 Å². The summed E-state index contributed by atoms with van der Waals surface area (Å²) < 4.78 is 51.4. The normalized spacial score (nSPS) is 17.9. The second-order valence-corrected chi connectivity index (χ2v) is 9.62. The molecule has 4 rings (SSSR count). The zero-order valence-corrected chi connectivity index (χ0v) is 22.7. The molecule has 2 aromatic carbocycles. The van der Waals surface area contributed by atoms with Gasteiger partial charge in [0.05, 0.1) is 25.0 Å². The van der Waals surface area contributed by atoms with Crippen LogP contribution in [0.1, 0.15) is 24.4 Å². The Bertz CT molecular complexity index is 1320. The van der Waals surface area contributed by atoms with Gasteiger partial charge in [-0.2, -0.15) is 0 Å². The van der Waals surface area contributed by atoms with Crippen LogP contribution in [0.3, 0.4) is 0 Å². The first kappa shape index (κ1) is 29.9. The van der Waals surface area contributed by atoms with Gasteiger partial charge in [0, 0.05) is 45.0 Å². The highest BCUT2D eigenvalue weighted by molar-refractivity contribution is 6.01. The summed E-state index contributed by atoms with van der Waals surface area (Å²) in [6.45, 7) is 1.80. The monoisotopic (exact) mass is 575 g/mol. The fourth-order valence-electron chi connectivity index (χ4n) is 5.02. The lowest BCUT2D eigenvalue weighted by atomic mass is 9.93. The van der Waals surface area contributed by atoms with Gasteiger partial charge in [0.1, 0.15) is 11.9 Å². The fourth-order valence-corrected chi connectivity index (χ4v) is 5.02. The first-order valence-corrected chi connectivity index (χ1v) is 13.1. The number of imide groups is 1. The largest absolute Gasteiger partial charge is 0.466 e. The lowest BCUT2D eigenvalue weighted by Gasteiger charge is -2.37. The lowest BCUT2D eigenvalue weighted by molar-refractivity contribution is -0.137. The number of hydrogen-bond donors (Lipinski definition) is 3. The Morgan fingerprint density at radius 2 is 1.78 bits per heavy atom. The third-order valence-corrected chi connectivity index (χ3v) is 7.01. The molecule has 220 valence electrons. The maximum atomic E-state index is 14.2. The minimum atomic E-state index is -1.41. The maximum Gasteiger partial charge on any atom is 0.338 e. The van der Waals surface area contributed by atoms with E-state index in [0.717, 1.165) is 55.8 Å². The predicted octanol–water partition coefficient (Wildman–Crippen LogP) is 3.21. The van der Waals surface area contributed by atoms with Gasteiger partial charge in [-0.25, -0.2) is 32.5 Å². The summed E-state index contributed by atoms with van der Waals surface area (Å²) in [6, 6.07) is 6.37. The van der Waals surface area contributed by atoms with Crippen molar-refractivity contribution in [2.45, 2.75) is 24.9 Å². The number of urea groups is 2. The number of amides is 4. The molecule has 0 radical (unpaired) electrons. The van der Waals surface area contributed by atoms with E-state index in [2.05, 4.69) is 20.9 Å². The molecule has 1 fully saturated rings. The number of rotatable bonds is 9. The quantitative estimate of drug-likeness (QED) is 0.311. The van der Waals surface area contributed by atoms with Gasteiger partial charge in [0.25, 0.3) is 0 Å². The van der Waals surface area contributed by atoms with Crippen LogP contribution < -0.4 is 20.9 Å². The number of nitrogens with zero attached hydrogens (tertiary/aromatic N) is 2. The van der Waals surface area contributed by atoms with Crippen LogP contribution in [-0.2, 0) is 14.3 Å². The number of piperidine rings is 1. The third-order valence-electron chi connectivity index (χ3n) is 7.01. The minimum absolute atomic E-state index is 0.00825. The molecule has 0 aliphatic carbocycles. The molecule has 41 heavy (non-hydrogen) atoms. The fraction of sp³-hybridized carbons (Fsp3) is 0.393. The summed E-state index contributed by atoms with van der Waals surface area (Å²) >= 11 is 0. The van der Waals surface area contributed by atoms with Gasteiger partial charge >= 0.3 is 18.0 Å². The van der Waals surface area contributed by atoms with Gasteiger partial charge < -0.3 is 30.3 Å². The summed E-state index contributed by atoms with van der Waals surface area (Å²) in [5, 5.41) is 8.49. The van der Waals surface area contributed by atoms with Crippen molar-refractivity contribution in [1.82, 2.24) is 20.9 Å². The zero-order chi connectivity index (χ0) is 29.5. The third kappa shape index (κ3) is 6.98. The van der Waals surface area contributed by atoms with Crippen LogP contribution in [0.2, 0.25) is 0 Å². The van der Waals surface area contributed by atoms with Gasteiger partial charge in [-0.05, 0) is 48.7 Å². The van der Waals surface area contributed by atoms with Crippen molar-refractivity contribution in [2.24, 2.45) is 0 Å². The molecular formula is C28H32F3N5O5. The number of esters is 1. The van der Waals surface area contributed by atoms with Gasteiger partial charge in [0.2, 0.25) is 0 Å². The van der Waals surface area contributed by atoms with Crippen molar-refractivity contribution in [2.75, 3.05) is 51.9 Å². The van der Waals surface area contributed by atoms with Crippen LogP contribution in [0.25, 0.3) is 0 Å². The lowest BCUT2D eigenvalue weighted by Crippen LogP contribution is -2.56. The van der Waals surface area contributed by atoms with Gasteiger partial charge in [-0.1, -0.05) is 12.1 Å². The number of nitrogens with one attached hydrogen (secondary N) is 3. The van der Waals surface area contributed by atoms with E-state index in [4.69, 9.17) is 9.47 Å². The van der Waals surface area contributed by atoms with Crippen molar-refractivity contribution in [3.05, 3.63) is 76.7 Å². The van der Waals surface area contributed by atoms with Gasteiger partial charge in [-0.3, -0.25) is 0 Å². The SMILES string of the molecule is COCC1=C(C(=O)OC)C(c2ccc(F)c(F)c2)N(C(=O)NCCNC2CCN(c3cccc(F)c3)CC2)C(=O)N1.